The van der Waals surface area contributed by atoms with Crippen LogP contribution in [0.15, 0.2) is 18.2 Å². The number of amides is 2. The highest BCUT2D eigenvalue weighted by molar-refractivity contribution is 5.96. The average Bonchev–Trinajstić information content (AvgIpc) is 2.70. The number of piperazine rings is 1. The SMILES string of the molecule is CCC1CN(C(=O)c2cccc3c2CCCC3)CCN1C(=O)COC(C)=O. The Balaban J connectivity index is 1.70. The first kappa shape index (κ1) is 19.4. The van der Waals surface area contributed by atoms with Crippen LogP contribution in [0.4, 0.5) is 0 Å². The van der Waals surface area contributed by atoms with Crippen molar-refractivity contribution < 1.29 is 19.1 Å². The maximum absolute atomic E-state index is 13.2. The lowest BCUT2D eigenvalue weighted by atomic mass is 9.87. The minimum Gasteiger partial charge on any atom is -0.456 e. The van der Waals surface area contributed by atoms with E-state index < -0.39 is 5.97 Å². The predicted octanol–water partition coefficient (Wildman–Crippen LogP) is 2.19. The molecule has 6 heteroatoms. The van der Waals surface area contributed by atoms with Crippen molar-refractivity contribution in [2.45, 2.75) is 52.0 Å². The Kier molecular flexibility index (Phi) is 6.14. The lowest BCUT2D eigenvalue weighted by molar-refractivity contribution is -0.152. The van der Waals surface area contributed by atoms with Crippen LogP contribution in [0.3, 0.4) is 0 Å². The highest BCUT2D eigenvalue weighted by Crippen LogP contribution is 2.26. The second kappa shape index (κ2) is 8.55. The van der Waals surface area contributed by atoms with Crippen molar-refractivity contribution in [3.63, 3.8) is 0 Å². The van der Waals surface area contributed by atoms with E-state index in [0.717, 1.165) is 31.2 Å². The molecule has 1 aromatic carbocycles. The molecule has 0 N–H and O–H groups in total. The number of aryl methyl sites for hydroxylation is 1. The molecule has 0 spiro atoms. The van der Waals surface area contributed by atoms with Crippen LogP contribution < -0.4 is 0 Å². The summed E-state index contributed by atoms with van der Waals surface area (Å²) >= 11 is 0. The van der Waals surface area contributed by atoms with Gasteiger partial charge >= 0.3 is 5.97 Å². The van der Waals surface area contributed by atoms with Crippen LogP contribution in [-0.4, -0.2) is 59.9 Å². The van der Waals surface area contributed by atoms with Crippen molar-refractivity contribution in [3.05, 3.63) is 34.9 Å². The van der Waals surface area contributed by atoms with Crippen LogP contribution in [0.1, 0.15) is 54.6 Å². The molecule has 1 aromatic rings. The molecule has 1 atom stereocenters. The third-order valence-corrected chi connectivity index (χ3v) is 5.59. The van der Waals surface area contributed by atoms with Gasteiger partial charge in [0.25, 0.3) is 11.8 Å². The lowest BCUT2D eigenvalue weighted by Crippen LogP contribution is -2.57. The molecule has 3 rings (SSSR count). The number of fused-ring (bicyclic) bond motifs is 1. The highest BCUT2D eigenvalue weighted by Gasteiger charge is 2.33. The maximum atomic E-state index is 13.2. The summed E-state index contributed by atoms with van der Waals surface area (Å²) in [6.45, 7) is 4.57. The van der Waals surface area contributed by atoms with Gasteiger partial charge in [0.1, 0.15) is 0 Å². The van der Waals surface area contributed by atoms with E-state index in [4.69, 9.17) is 4.74 Å². The van der Waals surface area contributed by atoms with Crippen molar-refractivity contribution in [1.29, 1.82) is 0 Å². The van der Waals surface area contributed by atoms with Gasteiger partial charge in [0.05, 0.1) is 0 Å². The molecule has 1 aliphatic carbocycles. The fourth-order valence-corrected chi connectivity index (χ4v) is 4.12. The number of benzene rings is 1. The highest BCUT2D eigenvalue weighted by atomic mass is 16.5. The lowest BCUT2D eigenvalue weighted by Gasteiger charge is -2.41. The molecule has 6 nitrogen and oxygen atoms in total. The third kappa shape index (κ3) is 4.31. The van der Waals surface area contributed by atoms with E-state index in [1.165, 1.54) is 24.5 Å². The zero-order valence-corrected chi connectivity index (χ0v) is 16.2. The van der Waals surface area contributed by atoms with Gasteiger partial charge in [-0.25, -0.2) is 0 Å². The van der Waals surface area contributed by atoms with E-state index >= 15 is 0 Å². The van der Waals surface area contributed by atoms with Gasteiger partial charge < -0.3 is 14.5 Å². The van der Waals surface area contributed by atoms with Crippen molar-refractivity contribution in [2.24, 2.45) is 0 Å². The molecular weight excluding hydrogens is 344 g/mol. The van der Waals surface area contributed by atoms with Gasteiger partial charge in [0.2, 0.25) is 0 Å². The first-order valence-corrected chi connectivity index (χ1v) is 9.84. The summed E-state index contributed by atoms with van der Waals surface area (Å²) in [5.41, 5.74) is 3.33. The van der Waals surface area contributed by atoms with Gasteiger partial charge in [-0.2, -0.15) is 0 Å². The summed E-state index contributed by atoms with van der Waals surface area (Å²) in [5.74, 6) is -0.584. The van der Waals surface area contributed by atoms with Gasteiger partial charge in [0, 0.05) is 38.2 Å². The number of esters is 1. The van der Waals surface area contributed by atoms with E-state index in [9.17, 15) is 14.4 Å². The second-order valence-electron chi connectivity index (χ2n) is 7.33. The summed E-state index contributed by atoms with van der Waals surface area (Å²) in [6, 6.07) is 6.00. The van der Waals surface area contributed by atoms with Crippen LogP contribution in [0.5, 0.6) is 0 Å². The molecule has 0 aromatic heterocycles. The summed E-state index contributed by atoms with van der Waals surface area (Å²) in [4.78, 5) is 40.1. The van der Waals surface area contributed by atoms with Gasteiger partial charge in [0.15, 0.2) is 6.61 Å². The van der Waals surface area contributed by atoms with Gasteiger partial charge in [-0.05, 0) is 49.3 Å². The number of carbonyl (C=O) groups is 3. The molecular formula is C21H28N2O4. The number of nitrogens with zero attached hydrogens (tertiary/aromatic N) is 2. The molecule has 27 heavy (non-hydrogen) atoms. The summed E-state index contributed by atoms with van der Waals surface area (Å²) in [5, 5.41) is 0. The summed E-state index contributed by atoms with van der Waals surface area (Å²) in [7, 11) is 0. The Morgan fingerprint density at radius 2 is 1.93 bits per heavy atom. The monoisotopic (exact) mass is 372 g/mol. The van der Waals surface area contributed by atoms with Crippen LogP contribution in [-0.2, 0) is 27.2 Å². The topological polar surface area (TPSA) is 66.9 Å². The van der Waals surface area contributed by atoms with E-state index in [1.54, 1.807) is 4.90 Å². The number of rotatable bonds is 4. The van der Waals surface area contributed by atoms with Crippen molar-refractivity contribution in [1.82, 2.24) is 9.80 Å². The fraction of sp³-hybridized carbons (Fsp3) is 0.571. The zero-order valence-electron chi connectivity index (χ0n) is 16.2. The number of carbonyl (C=O) groups excluding carboxylic acids is 3. The molecule has 2 aliphatic rings. The Labute approximate surface area is 160 Å². The summed E-state index contributed by atoms with van der Waals surface area (Å²) < 4.78 is 4.84. The molecule has 1 unspecified atom stereocenters. The smallest absolute Gasteiger partial charge is 0.303 e. The molecule has 1 heterocycles. The molecule has 1 aliphatic heterocycles. The standard InChI is InChI=1S/C21H28N2O4/c1-3-17-13-22(11-12-23(17)20(25)14-27-15(2)24)21(26)19-10-6-8-16-7-4-5-9-18(16)19/h6,8,10,17H,3-5,7,9,11-14H2,1-2H3. The first-order chi connectivity index (χ1) is 13.0. The Morgan fingerprint density at radius 3 is 2.67 bits per heavy atom. The van der Waals surface area contributed by atoms with Gasteiger partial charge in [-0.1, -0.05) is 19.1 Å². The fourth-order valence-electron chi connectivity index (χ4n) is 4.12. The van der Waals surface area contributed by atoms with Crippen LogP contribution in [0, 0.1) is 0 Å². The van der Waals surface area contributed by atoms with Crippen LogP contribution in [0.2, 0.25) is 0 Å². The maximum Gasteiger partial charge on any atom is 0.303 e. The molecule has 0 bridgehead atoms. The Bertz CT molecular complexity index is 731. The third-order valence-electron chi connectivity index (χ3n) is 5.59. The van der Waals surface area contributed by atoms with E-state index in [2.05, 4.69) is 6.07 Å². The van der Waals surface area contributed by atoms with Gasteiger partial charge in [-0.3, -0.25) is 14.4 Å². The Morgan fingerprint density at radius 1 is 1.15 bits per heavy atom. The number of ether oxygens (including phenoxy) is 1. The average molecular weight is 372 g/mol. The molecule has 0 radical (unpaired) electrons. The van der Waals surface area contributed by atoms with Crippen molar-refractivity contribution in [2.75, 3.05) is 26.2 Å². The molecule has 1 saturated heterocycles. The van der Waals surface area contributed by atoms with E-state index in [-0.39, 0.29) is 24.5 Å². The zero-order chi connectivity index (χ0) is 19.4. The molecule has 146 valence electrons. The largest absolute Gasteiger partial charge is 0.456 e. The summed E-state index contributed by atoms with van der Waals surface area (Å²) in [6.07, 6.45) is 5.09. The van der Waals surface area contributed by atoms with Crippen LogP contribution >= 0.6 is 0 Å². The molecule has 0 saturated carbocycles. The predicted molar refractivity (Wildman–Crippen MR) is 101 cm³/mol. The molecule has 1 fully saturated rings. The second-order valence-corrected chi connectivity index (χ2v) is 7.33. The Hall–Kier alpha value is -2.37. The number of hydrogen-bond donors (Lipinski definition) is 0. The van der Waals surface area contributed by atoms with Crippen LogP contribution in [0.25, 0.3) is 0 Å². The normalized spacial score (nSPS) is 19.4. The van der Waals surface area contributed by atoms with E-state index in [0.29, 0.717) is 19.6 Å². The first-order valence-electron chi connectivity index (χ1n) is 9.84. The minimum absolute atomic E-state index is 0.0507. The quantitative estimate of drug-likeness (QED) is 0.760. The number of hydrogen-bond acceptors (Lipinski definition) is 4. The van der Waals surface area contributed by atoms with E-state index in [1.807, 2.05) is 24.0 Å². The molecule has 2 amide bonds. The van der Waals surface area contributed by atoms with Gasteiger partial charge in [-0.15, -0.1) is 0 Å². The van der Waals surface area contributed by atoms with Crippen molar-refractivity contribution >= 4 is 17.8 Å². The van der Waals surface area contributed by atoms with Crippen molar-refractivity contribution in [3.8, 4) is 0 Å². The minimum atomic E-state index is -0.459.